The van der Waals surface area contributed by atoms with Crippen molar-refractivity contribution >= 4 is 17.2 Å². The molecule has 0 radical (unpaired) electrons. The van der Waals surface area contributed by atoms with Crippen molar-refractivity contribution < 1.29 is 0 Å². The van der Waals surface area contributed by atoms with E-state index < -0.39 is 0 Å². The number of benzene rings is 2. The molecule has 0 bridgehead atoms. The zero-order valence-electron chi connectivity index (χ0n) is 12.4. The van der Waals surface area contributed by atoms with Gasteiger partial charge in [0.15, 0.2) is 0 Å². The number of aromatic nitrogens is 2. The number of nitriles is 1. The minimum absolute atomic E-state index is 0.410. The molecule has 23 heavy (non-hydrogen) atoms. The average molecular weight is 301 g/mol. The van der Waals surface area contributed by atoms with Crippen LogP contribution in [0.4, 0.5) is 17.2 Å². The molecule has 1 aromatic heterocycles. The van der Waals surface area contributed by atoms with Crippen LogP contribution < -0.4 is 11.1 Å². The zero-order chi connectivity index (χ0) is 16.1. The van der Waals surface area contributed by atoms with Gasteiger partial charge in [-0.3, -0.25) is 0 Å². The first-order chi connectivity index (χ1) is 11.2. The van der Waals surface area contributed by atoms with E-state index in [2.05, 4.69) is 21.4 Å². The maximum absolute atomic E-state index is 8.69. The summed E-state index contributed by atoms with van der Waals surface area (Å²) in [6.45, 7) is 0. The Hall–Kier alpha value is -3.39. The van der Waals surface area contributed by atoms with Gasteiger partial charge < -0.3 is 11.1 Å². The Kier molecular flexibility index (Phi) is 4.16. The van der Waals surface area contributed by atoms with Crippen LogP contribution in [0.1, 0.15) is 5.56 Å². The molecule has 3 N–H and O–H groups in total. The maximum atomic E-state index is 8.69. The zero-order valence-corrected chi connectivity index (χ0v) is 12.4. The molecule has 0 aliphatic heterocycles. The molecule has 0 aliphatic rings. The molecule has 5 heteroatoms. The molecule has 3 aromatic rings. The normalized spacial score (nSPS) is 10.0. The van der Waals surface area contributed by atoms with Crippen LogP contribution in [0.5, 0.6) is 0 Å². The van der Waals surface area contributed by atoms with Gasteiger partial charge in [0.2, 0.25) is 0 Å². The number of anilines is 3. The summed E-state index contributed by atoms with van der Waals surface area (Å²) in [5, 5.41) is 11.9. The molecule has 0 fully saturated rings. The Morgan fingerprint density at radius 2 is 1.87 bits per heavy atom. The monoisotopic (exact) mass is 301 g/mol. The molecule has 0 saturated carbocycles. The fourth-order valence-corrected chi connectivity index (χ4v) is 2.23. The first kappa shape index (κ1) is 14.5. The molecular weight excluding hydrogens is 286 g/mol. The minimum atomic E-state index is 0.410. The van der Waals surface area contributed by atoms with E-state index in [1.54, 1.807) is 0 Å². The minimum Gasteiger partial charge on any atom is -0.399 e. The highest BCUT2D eigenvalue weighted by Crippen LogP contribution is 2.22. The number of nitrogens with two attached hydrogens (primary N) is 1. The number of hydrogen-bond donors (Lipinski definition) is 2. The van der Waals surface area contributed by atoms with Gasteiger partial charge in [-0.15, -0.1) is 0 Å². The highest BCUT2D eigenvalue weighted by molar-refractivity contribution is 5.67. The van der Waals surface area contributed by atoms with Gasteiger partial charge in [-0.25, -0.2) is 9.97 Å². The number of nitrogens with zero attached hydrogens (tertiary/aromatic N) is 3. The maximum Gasteiger partial charge on any atom is 0.134 e. The van der Waals surface area contributed by atoms with Crippen LogP contribution in [-0.4, -0.2) is 9.97 Å². The Balaban J connectivity index is 1.81. The van der Waals surface area contributed by atoms with Crippen molar-refractivity contribution in [2.45, 2.75) is 6.42 Å². The lowest BCUT2D eigenvalue weighted by atomic mass is 10.1. The van der Waals surface area contributed by atoms with Gasteiger partial charge in [0.05, 0.1) is 18.2 Å². The molecule has 2 aromatic carbocycles. The van der Waals surface area contributed by atoms with E-state index in [1.807, 2.05) is 54.6 Å². The van der Waals surface area contributed by atoms with E-state index >= 15 is 0 Å². The predicted molar refractivity (Wildman–Crippen MR) is 90.9 cm³/mol. The van der Waals surface area contributed by atoms with Crippen LogP contribution in [0, 0.1) is 11.3 Å². The fourth-order valence-electron chi connectivity index (χ4n) is 2.23. The highest BCUT2D eigenvalue weighted by atomic mass is 15.0. The summed E-state index contributed by atoms with van der Waals surface area (Å²) in [5.74, 6) is 0.699. The van der Waals surface area contributed by atoms with Crippen LogP contribution in [0.15, 0.2) is 60.9 Å². The van der Waals surface area contributed by atoms with E-state index in [0.29, 0.717) is 17.9 Å². The van der Waals surface area contributed by atoms with Crippen LogP contribution in [0.2, 0.25) is 0 Å². The largest absolute Gasteiger partial charge is 0.399 e. The van der Waals surface area contributed by atoms with E-state index in [0.717, 1.165) is 22.5 Å². The fraction of sp³-hybridized carbons (Fsp3) is 0.0556. The van der Waals surface area contributed by atoms with Crippen molar-refractivity contribution in [1.29, 1.82) is 5.26 Å². The quantitative estimate of drug-likeness (QED) is 0.720. The molecule has 112 valence electrons. The molecule has 0 saturated heterocycles. The summed E-state index contributed by atoms with van der Waals surface area (Å²) in [7, 11) is 0. The van der Waals surface area contributed by atoms with Crippen LogP contribution in [0.3, 0.4) is 0 Å². The molecule has 1 heterocycles. The second-order valence-corrected chi connectivity index (χ2v) is 5.07. The van der Waals surface area contributed by atoms with Crippen LogP contribution >= 0.6 is 0 Å². The van der Waals surface area contributed by atoms with Crippen LogP contribution in [-0.2, 0) is 6.42 Å². The van der Waals surface area contributed by atoms with Gasteiger partial charge in [-0.1, -0.05) is 24.3 Å². The second-order valence-electron chi connectivity index (χ2n) is 5.07. The molecule has 0 aliphatic carbocycles. The average Bonchev–Trinajstić information content (AvgIpc) is 2.57. The predicted octanol–water partition coefficient (Wildman–Crippen LogP) is 3.54. The summed E-state index contributed by atoms with van der Waals surface area (Å²) >= 11 is 0. The lowest BCUT2D eigenvalue weighted by Gasteiger charge is -2.08. The van der Waals surface area contributed by atoms with E-state index in [4.69, 9.17) is 11.0 Å². The molecule has 0 unspecified atom stereocenters. The van der Waals surface area contributed by atoms with Gasteiger partial charge in [0.1, 0.15) is 12.1 Å². The molecule has 5 nitrogen and oxygen atoms in total. The third kappa shape index (κ3) is 3.63. The van der Waals surface area contributed by atoms with E-state index in [-0.39, 0.29) is 0 Å². The SMILES string of the molecule is N#CCc1ccc(Nc2cc(-c3cccc(N)c3)ncn2)cc1. The van der Waals surface area contributed by atoms with Gasteiger partial charge >= 0.3 is 0 Å². The van der Waals surface area contributed by atoms with Crippen molar-refractivity contribution in [3.8, 4) is 17.3 Å². The number of rotatable bonds is 4. The summed E-state index contributed by atoms with van der Waals surface area (Å²) in [6, 6.07) is 19.3. The smallest absolute Gasteiger partial charge is 0.134 e. The van der Waals surface area contributed by atoms with Gasteiger partial charge in [-0.2, -0.15) is 5.26 Å². The Bertz CT molecular complexity index is 850. The lowest BCUT2D eigenvalue weighted by molar-refractivity contribution is 1.17. The Morgan fingerprint density at radius 3 is 2.61 bits per heavy atom. The number of nitrogens with one attached hydrogen (secondary N) is 1. The van der Waals surface area contributed by atoms with Crippen molar-refractivity contribution in [3.63, 3.8) is 0 Å². The summed E-state index contributed by atoms with van der Waals surface area (Å²) in [5.41, 5.74) is 10.2. The lowest BCUT2D eigenvalue weighted by Crippen LogP contribution is -1.96. The van der Waals surface area contributed by atoms with Crippen molar-refractivity contribution in [3.05, 3.63) is 66.5 Å². The summed E-state index contributed by atoms with van der Waals surface area (Å²) in [4.78, 5) is 8.52. The van der Waals surface area contributed by atoms with Gasteiger partial charge in [0.25, 0.3) is 0 Å². The molecule has 3 rings (SSSR count). The van der Waals surface area contributed by atoms with Gasteiger partial charge in [0, 0.05) is 23.0 Å². The Labute approximate surface area is 134 Å². The van der Waals surface area contributed by atoms with Crippen LogP contribution in [0.25, 0.3) is 11.3 Å². The molecule has 0 atom stereocenters. The van der Waals surface area contributed by atoms with E-state index in [9.17, 15) is 0 Å². The molecule has 0 amide bonds. The molecular formula is C18H15N5. The van der Waals surface area contributed by atoms with Gasteiger partial charge in [-0.05, 0) is 29.8 Å². The first-order valence-corrected chi connectivity index (χ1v) is 7.15. The number of hydrogen-bond acceptors (Lipinski definition) is 5. The highest BCUT2D eigenvalue weighted by Gasteiger charge is 2.03. The standard InChI is InChI=1S/C18H15N5/c19-9-8-13-4-6-16(7-5-13)23-18-11-17(21-12-22-18)14-2-1-3-15(20)10-14/h1-7,10-12H,8,20H2,(H,21,22,23). The molecule has 0 spiro atoms. The van der Waals surface area contributed by atoms with Crippen molar-refractivity contribution in [1.82, 2.24) is 9.97 Å². The summed E-state index contributed by atoms with van der Waals surface area (Å²) in [6.07, 6.45) is 1.93. The van der Waals surface area contributed by atoms with Crippen molar-refractivity contribution in [2.75, 3.05) is 11.1 Å². The first-order valence-electron chi connectivity index (χ1n) is 7.15. The third-order valence-corrected chi connectivity index (χ3v) is 3.36. The second kappa shape index (κ2) is 6.58. The van der Waals surface area contributed by atoms with Crippen molar-refractivity contribution in [2.24, 2.45) is 0 Å². The third-order valence-electron chi connectivity index (χ3n) is 3.36. The Morgan fingerprint density at radius 1 is 1.04 bits per heavy atom. The summed E-state index contributed by atoms with van der Waals surface area (Å²) < 4.78 is 0. The topological polar surface area (TPSA) is 87.6 Å². The number of nitrogen functional groups attached to an aromatic ring is 1. The van der Waals surface area contributed by atoms with E-state index in [1.165, 1.54) is 6.33 Å².